The molecule has 3 aromatic carbocycles. The SMILES string of the molecule is CCOC(=O)c1ccc(CCC(C/C=C/CS(=O)(=O)c2ccccc2)OC(=O)c2ccccc2)cc1. The maximum absolute atomic E-state index is 12.6. The molecular weight excluding hydrogens is 476 g/mol. The molecule has 0 heterocycles. The number of rotatable bonds is 12. The molecule has 0 fully saturated rings. The zero-order valence-electron chi connectivity index (χ0n) is 20.2. The molecule has 3 rings (SSSR count). The second kappa shape index (κ2) is 13.4. The molecular formula is C29H30O6S. The van der Waals surface area contributed by atoms with Crippen LogP contribution in [-0.4, -0.2) is 38.8 Å². The molecule has 0 amide bonds. The zero-order valence-corrected chi connectivity index (χ0v) is 21.0. The minimum absolute atomic E-state index is 0.133. The van der Waals surface area contributed by atoms with Crippen molar-refractivity contribution in [1.82, 2.24) is 0 Å². The van der Waals surface area contributed by atoms with Crippen molar-refractivity contribution in [1.29, 1.82) is 0 Å². The van der Waals surface area contributed by atoms with E-state index >= 15 is 0 Å². The highest BCUT2D eigenvalue weighted by atomic mass is 32.2. The molecule has 0 aromatic heterocycles. The lowest BCUT2D eigenvalue weighted by Gasteiger charge is -2.17. The highest BCUT2D eigenvalue weighted by molar-refractivity contribution is 7.91. The third-order valence-electron chi connectivity index (χ3n) is 5.49. The fraction of sp³-hybridized carbons (Fsp3) is 0.241. The lowest BCUT2D eigenvalue weighted by atomic mass is 10.0. The Morgan fingerprint density at radius 1 is 0.806 bits per heavy atom. The molecule has 0 bridgehead atoms. The van der Waals surface area contributed by atoms with Crippen molar-refractivity contribution in [3.8, 4) is 0 Å². The summed E-state index contributed by atoms with van der Waals surface area (Å²) in [6.07, 6.45) is 4.42. The maximum Gasteiger partial charge on any atom is 0.338 e. The topological polar surface area (TPSA) is 86.7 Å². The summed E-state index contributed by atoms with van der Waals surface area (Å²) in [5.41, 5.74) is 1.92. The molecule has 188 valence electrons. The van der Waals surface area contributed by atoms with E-state index in [2.05, 4.69) is 0 Å². The van der Waals surface area contributed by atoms with Gasteiger partial charge in [0.15, 0.2) is 9.84 Å². The quantitative estimate of drug-likeness (QED) is 0.240. The van der Waals surface area contributed by atoms with Crippen LogP contribution in [0, 0.1) is 0 Å². The van der Waals surface area contributed by atoms with Gasteiger partial charge in [-0.25, -0.2) is 18.0 Å². The van der Waals surface area contributed by atoms with Crippen molar-refractivity contribution in [3.63, 3.8) is 0 Å². The predicted octanol–water partition coefficient (Wildman–Crippen LogP) is 5.44. The molecule has 0 aliphatic heterocycles. The molecule has 3 aromatic rings. The van der Waals surface area contributed by atoms with Crippen LogP contribution in [0.15, 0.2) is 102 Å². The van der Waals surface area contributed by atoms with Gasteiger partial charge in [-0.05, 0) is 61.7 Å². The van der Waals surface area contributed by atoms with Crippen LogP contribution in [0.2, 0.25) is 0 Å². The first-order valence-corrected chi connectivity index (χ1v) is 13.5. The molecule has 6 nitrogen and oxygen atoms in total. The molecule has 0 saturated heterocycles. The van der Waals surface area contributed by atoms with Crippen LogP contribution in [0.4, 0.5) is 0 Å². The third kappa shape index (κ3) is 8.20. The van der Waals surface area contributed by atoms with Gasteiger partial charge in [-0.2, -0.15) is 0 Å². The molecule has 0 aliphatic rings. The number of aryl methyl sites for hydroxylation is 1. The number of ether oxygens (including phenoxy) is 2. The monoisotopic (exact) mass is 506 g/mol. The largest absolute Gasteiger partial charge is 0.462 e. The molecule has 0 spiro atoms. The number of hydrogen-bond donors (Lipinski definition) is 0. The molecule has 7 heteroatoms. The lowest BCUT2D eigenvalue weighted by molar-refractivity contribution is 0.0289. The van der Waals surface area contributed by atoms with E-state index in [1.807, 2.05) is 18.2 Å². The molecule has 36 heavy (non-hydrogen) atoms. The van der Waals surface area contributed by atoms with Gasteiger partial charge in [-0.15, -0.1) is 0 Å². The first-order valence-electron chi connectivity index (χ1n) is 11.8. The average molecular weight is 507 g/mol. The van der Waals surface area contributed by atoms with Crippen molar-refractivity contribution in [2.24, 2.45) is 0 Å². The smallest absolute Gasteiger partial charge is 0.338 e. The molecule has 0 radical (unpaired) electrons. The van der Waals surface area contributed by atoms with Crippen LogP contribution in [0.3, 0.4) is 0 Å². The van der Waals surface area contributed by atoms with Gasteiger partial charge in [-0.3, -0.25) is 0 Å². The lowest BCUT2D eigenvalue weighted by Crippen LogP contribution is -2.19. The predicted molar refractivity (Wildman–Crippen MR) is 139 cm³/mol. The van der Waals surface area contributed by atoms with Crippen LogP contribution >= 0.6 is 0 Å². The summed E-state index contributed by atoms with van der Waals surface area (Å²) in [5, 5.41) is 0. The second-order valence-corrected chi connectivity index (χ2v) is 10.2. The Kier molecular flexibility index (Phi) is 10.0. The Balaban J connectivity index is 1.64. The minimum Gasteiger partial charge on any atom is -0.462 e. The van der Waals surface area contributed by atoms with E-state index in [4.69, 9.17) is 9.47 Å². The highest BCUT2D eigenvalue weighted by Gasteiger charge is 2.16. The van der Waals surface area contributed by atoms with Gasteiger partial charge in [0.1, 0.15) is 6.10 Å². The molecule has 1 atom stereocenters. The van der Waals surface area contributed by atoms with E-state index in [1.165, 1.54) is 0 Å². The van der Waals surface area contributed by atoms with E-state index in [9.17, 15) is 18.0 Å². The summed E-state index contributed by atoms with van der Waals surface area (Å²) in [6.45, 7) is 2.07. The number of sulfone groups is 1. The number of esters is 2. The maximum atomic E-state index is 12.6. The van der Waals surface area contributed by atoms with E-state index in [0.717, 1.165) is 5.56 Å². The van der Waals surface area contributed by atoms with Crippen molar-refractivity contribution < 1.29 is 27.5 Å². The van der Waals surface area contributed by atoms with E-state index in [-0.39, 0.29) is 16.6 Å². The van der Waals surface area contributed by atoms with Crippen LogP contribution in [0.1, 0.15) is 46.0 Å². The van der Waals surface area contributed by atoms with Crippen molar-refractivity contribution in [2.75, 3.05) is 12.4 Å². The van der Waals surface area contributed by atoms with E-state index in [1.54, 1.807) is 85.8 Å². The van der Waals surface area contributed by atoms with Crippen LogP contribution < -0.4 is 0 Å². The van der Waals surface area contributed by atoms with Gasteiger partial charge in [0.05, 0.1) is 28.4 Å². The van der Waals surface area contributed by atoms with Gasteiger partial charge in [0.25, 0.3) is 0 Å². The molecule has 1 unspecified atom stereocenters. The first-order chi connectivity index (χ1) is 17.4. The summed E-state index contributed by atoms with van der Waals surface area (Å²) >= 11 is 0. The van der Waals surface area contributed by atoms with Crippen molar-refractivity contribution in [2.45, 2.75) is 37.2 Å². The van der Waals surface area contributed by atoms with Crippen LogP contribution in [0.5, 0.6) is 0 Å². The highest BCUT2D eigenvalue weighted by Crippen LogP contribution is 2.16. The standard InChI is InChI=1S/C29H30O6S/c1-2-34-28(30)25-19-16-23(17-20-25)18-21-26(35-29(31)24-11-5-3-6-12-24)13-9-10-22-36(32,33)27-14-7-4-8-15-27/h3-12,14-17,19-20,26H,2,13,18,21-22H2,1H3/b10-9+. The molecule has 0 aliphatic carbocycles. The number of carbonyl (C=O) groups is 2. The Morgan fingerprint density at radius 3 is 2.06 bits per heavy atom. The minimum atomic E-state index is -3.43. The second-order valence-electron chi connectivity index (χ2n) is 8.15. The summed E-state index contributed by atoms with van der Waals surface area (Å²) in [5.74, 6) is -0.927. The van der Waals surface area contributed by atoms with Crippen LogP contribution in [-0.2, 0) is 25.7 Å². The number of hydrogen-bond acceptors (Lipinski definition) is 6. The summed E-state index contributed by atoms with van der Waals surface area (Å²) in [6, 6.07) is 24.2. The summed E-state index contributed by atoms with van der Waals surface area (Å²) < 4.78 is 35.8. The van der Waals surface area contributed by atoms with Crippen LogP contribution in [0.25, 0.3) is 0 Å². The molecule has 0 saturated carbocycles. The summed E-state index contributed by atoms with van der Waals surface area (Å²) in [7, 11) is -3.43. The van der Waals surface area contributed by atoms with Gasteiger partial charge in [0.2, 0.25) is 0 Å². The Labute approximate surface area is 212 Å². The first kappa shape index (κ1) is 26.9. The van der Waals surface area contributed by atoms with Gasteiger partial charge in [-0.1, -0.05) is 60.7 Å². The third-order valence-corrected chi connectivity index (χ3v) is 7.11. The normalized spacial score (nSPS) is 12.2. The van der Waals surface area contributed by atoms with E-state index in [0.29, 0.717) is 37.0 Å². The van der Waals surface area contributed by atoms with Crippen molar-refractivity contribution >= 4 is 21.8 Å². The number of carbonyl (C=O) groups excluding carboxylic acids is 2. The fourth-order valence-electron chi connectivity index (χ4n) is 3.53. The van der Waals surface area contributed by atoms with Gasteiger partial charge < -0.3 is 9.47 Å². The Morgan fingerprint density at radius 2 is 1.42 bits per heavy atom. The Hall–Kier alpha value is -3.71. The van der Waals surface area contributed by atoms with E-state index < -0.39 is 21.9 Å². The number of benzene rings is 3. The Bertz CT molecular complexity index is 1250. The average Bonchev–Trinajstić information content (AvgIpc) is 2.91. The van der Waals surface area contributed by atoms with Crippen molar-refractivity contribution in [3.05, 3.63) is 114 Å². The fourth-order valence-corrected chi connectivity index (χ4v) is 4.69. The zero-order chi connectivity index (χ0) is 25.8. The summed E-state index contributed by atoms with van der Waals surface area (Å²) in [4.78, 5) is 24.8. The van der Waals surface area contributed by atoms with Gasteiger partial charge in [0, 0.05) is 6.42 Å². The van der Waals surface area contributed by atoms with Gasteiger partial charge >= 0.3 is 11.9 Å². The molecule has 0 N–H and O–H groups in total.